The van der Waals surface area contributed by atoms with E-state index < -0.39 is 35.6 Å². The van der Waals surface area contributed by atoms with Crippen LogP contribution in [0.1, 0.15) is 32.3 Å². The predicted octanol–water partition coefficient (Wildman–Crippen LogP) is 3.35. The number of benzene rings is 1. The first kappa shape index (κ1) is 19.7. The molecule has 0 aliphatic heterocycles. The minimum absolute atomic E-state index is 0.533. The number of hydrogen-bond acceptors (Lipinski definition) is 3. The van der Waals surface area contributed by atoms with Gasteiger partial charge in [0.2, 0.25) is 0 Å². The highest BCUT2D eigenvalue weighted by molar-refractivity contribution is 5.88. The van der Waals surface area contributed by atoms with Crippen LogP contribution in [0.5, 0.6) is 0 Å². The molecular formula is C17H20F3NO3. The van der Waals surface area contributed by atoms with Crippen LogP contribution in [0.3, 0.4) is 0 Å². The number of nitrogens with one attached hydrogen (secondary N) is 1. The van der Waals surface area contributed by atoms with Crippen LogP contribution in [-0.4, -0.2) is 29.7 Å². The lowest BCUT2D eigenvalue weighted by Crippen LogP contribution is -2.51. The third kappa shape index (κ3) is 5.72. The Morgan fingerprint density at radius 2 is 1.71 bits per heavy atom. The van der Waals surface area contributed by atoms with Gasteiger partial charge in [-0.25, -0.2) is 4.79 Å². The highest BCUT2D eigenvalue weighted by Crippen LogP contribution is 2.25. The zero-order valence-electron chi connectivity index (χ0n) is 13.7. The number of ether oxygens (including phenoxy) is 1. The topological polar surface area (TPSA) is 55.4 Å². The summed E-state index contributed by atoms with van der Waals surface area (Å²) >= 11 is 0. The van der Waals surface area contributed by atoms with Crippen LogP contribution >= 0.6 is 0 Å². The van der Waals surface area contributed by atoms with Crippen LogP contribution in [0.15, 0.2) is 43.0 Å². The number of rotatable bonds is 5. The molecule has 1 N–H and O–H groups in total. The van der Waals surface area contributed by atoms with E-state index in [0.29, 0.717) is 5.56 Å². The van der Waals surface area contributed by atoms with Crippen LogP contribution in [-0.2, 0) is 14.3 Å². The fraction of sp³-hybridized carbons (Fsp3) is 0.412. The van der Waals surface area contributed by atoms with Crippen molar-refractivity contribution in [2.24, 2.45) is 0 Å². The van der Waals surface area contributed by atoms with Gasteiger partial charge in [-0.15, -0.1) is 6.58 Å². The predicted molar refractivity (Wildman–Crippen MR) is 83.2 cm³/mol. The Morgan fingerprint density at radius 1 is 1.17 bits per heavy atom. The van der Waals surface area contributed by atoms with Crippen LogP contribution in [0, 0.1) is 0 Å². The standard InChI is InChI=1S/C17H20F3NO3/c1-5-12(11-9-7-6-8-10-11)13(14(22)24-16(2,3)4)21-15(23)17(18,19)20/h5-10,12-13H,1H2,2-4H3,(H,21,23)/t12-,13+/m1/s1. The first-order valence-corrected chi connectivity index (χ1v) is 7.24. The summed E-state index contributed by atoms with van der Waals surface area (Å²) < 4.78 is 42.9. The molecule has 0 aromatic heterocycles. The van der Waals surface area contributed by atoms with E-state index in [-0.39, 0.29) is 0 Å². The summed E-state index contributed by atoms with van der Waals surface area (Å²) in [4.78, 5) is 23.7. The van der Waals surface area contributed by atoms with Crippen molar-refractivity contribution in [3.8, 4) is 0 Å². The molecule has 1 aromatic carbocycles. The zero-order valence-corrected chi connectivity index (χ0v) is 13.7. The van der Waals surface area contributed by atoms with E-state index in [0.717, 1.165) is 0 Å². The van der Waals surface area contributed by atoms with Gasteiger partial charge in [-0.1, -0.05) is 36.4 Å². The van der Waals surface area contributed by atoms with Crippen LogP contribution in [0.2, 0.25) is 0 Å². The molecule has 0 bridgehead atoms. The van der Waals surface area contributed by atoms with E-state index in [1.54, 1.807) is 56.4 Å². The van der Waals surface area contributed by atoms with Crippen molar-refractivity contribution >= 4 is 11.9 Å². The molecule has 132 valence electrons. The van der Waals surface area contributed by atoms with E-state index in [1.165, 1.54) is 6.08 Å². The summed E-state index contributed by atoms with van der Waals surface area (Å²) in [6, 6.07) is 6.78. The smallest absolute Gasteiger partial charge is 0.458 e. The molecular weight excluding hydrogens is 323 g/mol. The first-order valence-electron chi connectivity index (χ1n) is 7.24. The Kier molecular flexibility index (Phi) is 6.17. The highest BCUT2D eigenvalue weighted by atomic mass is 19.4. The lowest BCUT2D eigenvalue weighted by atomic mass is 9.91. The van der Waals surface area contributed by atoms with Gasteiger partial charge in [0.15, 0.2) is 0 Å². The summed E-state index contributed by atoms with van der Waals surface area (Å²) in [5, 5.41) is 1.72. The number of amides is 1. The quantitative estimate of drug-likeness (QED) is 0.659. The van der Waals surface area contributed by atoms with Gasteiger partial charge < -0.3 is 10.1 Å². The first-order chi connectivity index (χ1) is 11.0. The summed E-state index contributed by atoms with van der Waals surface area (Å²) in [7, 11) is 0. The number of esters is 1. The van der Waals surface area contributed by atoms with Crippen molar-refractivity contribution in [2.75, 3.05) is 0 Å². The van der Waals surface area contributed by atoms with Gasteiger partial charge in [-0.3, -0.25) is 4.79 Å². The fourth-order valence-electron chi connectivity index (χ4n) is 2.02. The maximum Gasteiger partial charge on any atom is 0.471 e. The van der Waals surface area contributed by atoms with Gasteiger partial charge in [0, 0.05) is 5.92 Å². The number of hydrogen-bond donors (Lipinski definition) is 1. The second-order valence-corrected chi connectivity index (χ2v) is 6.15. The molecule has 0 spiro atoms. The van der Waals surface area contributed by atoms with Gasteiger partial charge >= 0.3 is 18.1 Å². The lowest BCUT2D eigenvalue weighted by molar-refractivity contribution is -0.177. The molecule has 2 atom stereocenters. The summed E-state index contributed by atoms with van der Waals surface area (Å²) in [6.07, 6.45) is -3.80. The summed E-state index contributed by atoms with van der Waals surface area (Å²) in [6.45, 7) is 8.31. The van der Waals surface area contributed by atoms with Gasteiger partial charge in [0.25, 0.3) is 0 Å². The molecule has 0 aliphatic rings. The van der Waals surface area contributed by atoms with Crippen LogP contribution in [0.4, 0.5) is 13.2 Å². The Morgan fingerprint density at radius 3 is 2.12 bits per heavy atom. The van der Waals surface area contributed by atoms with E-state index >= 15 is 0 Å². The Bertz CT molecular complexity index is 591. The van der Waals surface area contributed by atoms with E-state index in [4.69, 9.17) is 4.74 Å². The normalized spacial score (nSPS) is 14.4. The second kappa shape index (κ2) is 7.51. The molecule has 0 unspecified atom stereocenters. The number of carbonyl (C=O) groups excluding carboxylic acids is 2. The Labute approximate surface area is 138 Å². The van der Waals surface area contributed by atoms with Crippen molar-refractivity contribution in [1.82, 2.24) is 5.32 Å². The molecule has 0 heterocycles. The van der Waals surface area contributed by atoms with Crippen molar-refractivity contribution < 1.29 is 27.5 Å². The van der Waals surface area contributed by atoms with Gasteiger partial charge in [0.1, 0.15) is 11.6 Å². The number of carbonyl (C=O) groups is 2. The van der Waals surface area contributed by atoms with Gasteiger partial charge in [0.05, 0.1) is 0 Å². The molecule has 0 saturated carbocycles. The number of alkyl halides is 3. The molecule has 1 aromatic rings. The van der Waals surface area contributed by atoms with E-state index in [1.807, 2.05) is 0 Å². The summed E-state index contributed by atoms with van der Waals surface area (Å²) in [5.41, 5.74) is -0.383. The zero-order chi connectivity index (χ0) is 18.5. The monoisotopic (exact) mass is 343 g/mol. The molecule has 0 fully saturated rings. The minimum atomic E-state index is -5.11. The van der Waals surface area contributed by atoms with E-state index in [9.17, 15) is 22.8 Å². The largest absolute Gasteiger partial charge is 0.471 e. The average Bonchev–Trinajstić information content (AvgIpc) is 2.45. The van der Waals surface area contributed by atoms with Crippen molar-refractivity contribution in [2.45, 2.75) is 44.5 Å². The minimum Gasteiger partial charge on any atom is -0.458 e. The lowest BCUT2D eigenvalue weighted by Gasteiger charge is -2.28. The molecule has 1 amide bonds. The SMILES string of the molecule is C=C[C@H](c1ccccc1)[C@H](NC(=O)C(F)(F)F)C(=O)OC(C)(C)C. The molecule has 0 saturated heterocycles. The Balaban J connectivity index is 3.18. The maximum absolute atomic E-state index is 12.6. The third-order valence-corrected chi connectivity index (χ3v) is 3.00. The third-order valence-electron chi connectivity index (χ3n) is 3.00. The van der Waals surface area contributed by atoms with Gasteiger partial charge in [-0.2, -0.15) is 13.2 Å². The number of halogens is 3. The average molecular weight is 343 g/mol. The van der Waals surface area contributed by atoms with Crippen LogP contribution < -0.4 is 5.32 Å². The molecule has 24 heavy (non-hydrogen) atoms. The van der Waals surface area contributed by atoms with Crippen LogP contribution in [0.25, 0.3) is 0 Å². The molecule has 1 rings (SSSR count). The summed E-state index contributed by atoms with van der Waals surface area (Å²) in [5.74, 6) is -4.04. The second-order valence-electron chi connectivity index (χ2n) is 6.15. The van der Waals surface area contributed by atoms with Crippen molar-refractivity contribution in [1.29, 1.82) is 0 Å². The molecule has 0 aliphatic carbocycles. The van der Waals surface area contributed by atoms with Crippen molar-refractivity contribution in [3.63, 3.8) is 0 Å². The van der Waals surface area contributed by atoms with E-state index in [2.05, 4.69) is 6.58 Å². The Hall–Kier alpha value is -2.31. The fourth-order valence-corrected chi connectivity index (χ4v) is 2.02. The molecule has 0 radical (unpaired) electrons. The van der Waals surface area contributed by atoms with Crippen molar-refractivity contribution in [3.05, 3.63) is 48.6 Å². The molecule has 4 nitrogen and oxygen atoms in total. The highest BCUT2D eigenvalue weighted by Gasteiger charge is 2.43. The maximum atomic E-state index is 12.6. The molecule has 7 heteroatoms. The van der Waals surface area contributed by atoms with Gasteiger partial charge in [-0.05, 0) is 26.3 Å².